The molecule has 1 aliphatic carbocycles. The van der Waals surface area contributed by atoms with Crippen molar-refractivity contribution in [2.45, 2.75) is 77.8 Å². The van der Waals surface area contributed by atoms with Gasteiger partial charge in [0.15, 0.2) is 0 Å². The summed E-state index contributed by atoms with van der Waals surface area (Å²) in [5, 5.41) is 13.0. The van der Waals surface area contributed by atoms with Crippen molar-refractivity contribution < 1.29 is 5.11 Å². The van der Waals surface area contributed by atoms with Crippen LogP contribution in [0.1, 0.15) is 66.2 Å². The smallest absolute Gasteiger partial charge is 0.0610 e. The first-order chi connectivity index (χ1) is 9.50. The summed E-state index contributed by atoms with van der Waals surface area (Å²) in [6, 6.07) is 0.665. The number of hydrogen-bond acceptors (Lipinski definition) is 3. The van der Waals surface area contributed by atoms with Crippen molar-refractivity contribution in [1.82, 2.24) is 10.2 Å². The third kappa shape index (κ3) is 7.05. The first-order valence-corrected chi connectivity index (χ1v) is 8.60. The zero-order valence-corrected chi connectivity index (χ0v) is 14.1. The van der Waals surface area contributed by atoms with Crippen LogP contribution < -0.4 is 5.32 Å². The molecule has 1 rings (SSSR count). The minimum atomic E-state index is -0.0881. The summed E-state index contributed by atoms with van der Waals surface area (Å²) in [7, 11) is 0. The van der Waals surface area contributed by atoms with Gasteiger partial charge in [-0.15, -0.1) is 0 Å². The second kappa shape index (κ2) is 9.01. The van der Waals surface area contributed by atoms with Crippen molar-refractivity contribution >= 4 is 0 Å². The van der Waals surface area contributed by atoms with Crippen LogP contribution in [0, 0.1) is 5.92 Å². The second-order valence-electron chi connectivity index (χ2n) is 7.13. The van der Waals surface area contributed by atoms with Crippen LogP contribution in [0.2, 0.25) is 0 Å². The fourth-order valence-electron chi connectivity index (χ4n) is 2.67. The van der Waals surface area contributed by atoms with E-state index in [0.717, 1.165) is 25.3 Å². The normalized spacial score (nSPS) is 18.8. The van der Waals surface area contributed by atoms with Gasteiger partial charge in [0.1, 0.15) is 0 Å². The largest absolute Gasteiger partial charge is 0.394 e. The summed E-state index contributed by atoms with van der Waals surface area (Å²) in [6.07, 6.45) is 7.51. The number of unbranched alkanes of at least 4 members (excludes halogenated alkanes) is 1. The molecule has 2 N–H and O–H groups in total. The van der Waals surface area contributed by atoms with Gasteiger partial charge in [-0.05, 0) is 71.9 Å². The molecule has 1 atom stereocenters. The van der Waals surface area contributed by atoms with E-state index < -0.39 is 0 Å². The lowest BCUT2D eigenvalue weighted by Crippen LogP contribution is -2.46. The number of nitrogens with one attached hydrogen (secondary N) is 1. The monoisotopic (exact) mass is 284 g/mol. The Morgan fingerprint density at radius 2 is 2.00 bits per heavy atom. The van der Waals surface area contributed by atoms with Crippen LogP contribution in [0.3, 0.4) is 0 Å². The average Bonchev–Trinajstić information content (AvgIpc) is 3.23. The van der Waals surface area contributed by atoms with E-state index >= 15 is 0 Å². The predicted molar refractivity (Wildman–Crippen MR) is 87.1 cm³/mol. The molecule has 120 valence electrons. The molecule has 1 unspecified atom stereocenters. The maximum absolute atomic E-state index is 9.56. The quantitative estimate of drug-likeness (QED) is 0.541. The minimum Gasteiger partial charge on any atom is -0.394 e. The molecular formula is C17H36N2O. The van der Waals surface area contributed by atoms with E-state index in [9.17, 15) is 5.11 Å². The number of nitrogens with zero attached hydrogens (tertiary/aromatic N) is 1. The van der Waals surface area contributed by atoms with Crippen molar-refractivity contribution in [2.75, 3.05) is 26.2 Å². The van der Waals surface area contributed by atoms with Gasteiger partial charge in [0.2, 0.25) is 0 Å². The van der Waals surface area contributed by atoms with Crippen LogP contribution in [-0.4, -0.2) is 47.8 Å². The first-order valence-electron chi connectivity index (χ1n) is 8.60. The highest BCUT2D eigenvalue weighted by Crippen LogP contribution is 2.30. The fourth-order valence-corrected chi connectivity index (χ4v) is 2.67. The molecule has 3 nitrogen and oxygen atoms in total. The van der Waals surface area contributed by atoms with Crippen LogP contribution in [-0.2, 0) is 0 Å². The maximum atomic E-state index is 9.56. The molecule has 0 bridgehead atoms. The van der Waals surface area contributed by atoms with Crippen molar-refractivity contribution in [3.05, 3.63) is 0 Å². The molecule has 0 radical (unpaired) electrons. The van der Waals surface area contributed by atoms with Crippen LogP contribution in [0.4, 0.5) is 0 Å². The summed E-state index contributed by atoms with van der Waals surface area (Å²) in [5.74, 6) is 0.978. The topological polar surface area (TPSA) is 35.5 Å². The Balaban J connectivity index is 2.20. The molecule has 0 aromatic rings. The molecule has 20 heavy (non-hydrogen) atoms. The molecule has 0 heterocycles. The Hall–Kier alpha value is -0.120. The van der Waals surface area contributed by atoms with E-state index in [0.29, 0.717) is 6.04 Å². The van der Waals surface area contributed by atoms with Gasteiger partial charge in [-0.3, -0.25) is 0 Å². The van der Waals surface area contributed by atoms with Crippen LogP contribution in [0.25, 0.3) is 0 Å². The van der Waals surface area contributed by atoms with Gasteiger partial charge < -0.3 is 15.3 Å². The SMILES string of the molecule is CCCNC(C)(CO)CCCCN(CC1CC1)C(C)C. The molecule has 3 heteroatoms. The Kier molecular flexibility index (Phi) is 8.08. The van der Waals surface area contributed by atoms with Gasteiger partial charge in [-0.25, -0.2) is 0 Å². The van der Waals surface area contributed by atoms with Gasteiger partial charge >= 0.3 is 0 Å². The maximum Gasteiger partial charge on any atom is 0.0610 e. The van der Waals surface area contributed by atoms with E-state index in [2.05, 4.69) is 37.9 Å². The molecule has 0 aromatic heterocycles. The zero-order valence-electron chi connectivity index (χ0n) is 14.1. The van der Waals surface area contributed by atoms with Crippen LogP contribution >= 0.6 is 0 Å². The summed E-state index contributed by atoms with van der Waals surface area (Å²) >= 11 is 0. The molecule has 0 amide bonds. The lowest BCUT2D eigenvalue weighted by atomic mass is 9.95. The van der Waals surface area contributed by atoms with Crippen molar-refractivity contribution in [1.29, 1.82) is 0 Å². The van der Waals surface area contributed by atoms with E-state index in [4.69, 9.17) is 0 Å². The highest BCUT2D eigenvalue weighted by molar-refractivity contribution is 4.82. The van der Waals surface area contributed by atoms with Crippen LogP contribution in [0.15, 0.2) is 0 Å². The highest BCUT2D eigenvalue weighted by Gasteiger charge is 2.25. The first kappa shape index (κ1) is 17.9. The molecule has 1 saturated carbocycles. The number of aliphatic hydroxyl groups is 1. The van der Waals surface area contributed by atoms with Gasteiger partial charge in [-0.2, -0.15) is 0 Å². The summed E-state index contributed by atoms with van der Waals surface area (Å²) < 4.78 is 0. The van der Waals surface area contributed by atoms with Gasteiger partial charge in [-0.1, -0.05) is 13.3 Å². The zero-order chi connectivity index (χ0) is 15.0. The fraction of sp³-hybridized carbons (Fsp3) is 1.00. The Morgan fingerprint density at radius 1 is 1.30 bits per heavy atom. The highest BCUT2D eigenvalue weighted by atomic mass is 16.3. The molecule has 0 aliphatic heterocycles. The Morgan fingerprint density at radius 3 is 2.50 bits per heavy atom. The minimum absolute atomic E-state index is 0.0881. The van der Waals surface area contributed by atoms with Crippen LogP contribution in [0.5, 0.6) is 0 Å². The predicted octanol–water partition coefficient (Wildman–Crippen LogP) is 3.03. The molecule has 1 fully saturated rings. The average molecular weight is 284 g/mol. The van der Waals surface area contributed by atoms with Gasteiger partial charge in [0.05, 0.1) is 6.61 Å². The number of rotatable bonds is 12. The third-order valence-corrected chi connectivity index (χ3v) is 4.49. The summed E-state index contributed by atoms with van der Waals surface area (Å²) in [6.45, 7) is 12.7. The lowest BCUT2D eigenvalue weighted by molar-refractivity contribution is 0.157. The number of aliphatic hydroxyl groups excluding tert-OH is 1. The third-order valence-electron chi connectivity index (χ3n) is 4.49. The standard InChI is InChI=1S/C17H36N2O/c1-5-11-18-17(4,14-20)10-6-7-12-19(15(2)3)13-16-8-9-16/h15-16,18,20H,5-14H2,1-4H3. The molecule has 0 aromatic carbocycles. The van der Waals surface area contributed by atoms with Crippen molar-refractivity contribution in [2.24, 2.45) is 5.92 Å². The Bertz CT molecular complexity index is 253. The van der Waals surface area contributed by atoms with E-state index in [1.54, 1.807) is 0 Å². The molecule has 1 aliphatic rings. The van der Waals surface area contributed by atoms with Gasteiger partial charge in [0.25, 0.3) is 0 Å². The Labute approximate surface area is 126 Å². The lowest BCUT2D eigenvalue weighted by Gasteiger charge is -2.30. The van der Waals surface area contributed by atoms with Crippen molar-refractivity contribution in [3.8, 4) is 0 Å². The van der Waals surface area contributed by atoms with E-state index in [1.807, 2.05) is 0 Å². The van der Waals surface area contributed by atoms with Gasteiger partial charge in [0, 0.05) is 18.1 Å². The number of hydrogen-bond donors (Lipinski definition) is 2. The van der Waals surface area contributed by atoms with E-state index in [1.165, 1.54) is 38.8 Å². The molecule has 0 spiro atoms. The summed E-state index contributed by atoms with van der Waals surface area (Å²) in [5.41, 5.74) is -0.0881. The summed E-state index contributed by atoms with van der Waals surface area (Å²) in [4.78, 5) is 2.63. The van der Waals surface area contributed by atoms with E-state index in [-0.39, 0.29) is 12.1 Å². The molecule has 0 saturated heterocycles. The van der Waals surface area contributed by atoms with Crippen molar-refractivity contribution in [3.63, 3.8) is 0 Å². The molecular weight excluding hydrogens is 248 g/mol. The second-order valence-corrected chi connectivity index (χ2v) is 7.13.